The molecule has 2 amide bonds. The fraction of sp³-hybridized carbons (Fsp3) is 0.548. The number of hydrogen-bond donors (Lipinski definition) is 1. The van der Waals surface area contributed by atoms with Crippen molar-refractivity contribution in [3.8, 4) is 17.2 Å². The van der Waals surface area contributed by atoms with E-state index in [1.165, 1.54) is 7.11 Å². The van der Waals surface area contributed by atoms with Gasteiger partial charge in [0.25, 0.3) is 0 Å². The first-order chi connectivity index (χ1) is 19.8. The summed E-state index contributed by atoms with van der Waals surface area (Å²) < 4.78 is 22.6. The molecule has 2 saturated heterocycles. The van der Waals surface area contributed by atoms with Gasteiger partial charge >= 0.3 is 0 Å². The lowest BCUT2D eigenvalue weighted by atomic mass is 10.0. The summed E-state index contributed by atoms with van der Waals surface area (Å²) in [7, 11) is 3.10. The molecule has 2 fully saturated rings. The molecule has 2 aromatic rings. The number of nitrogens with zero attached hydrogens (tertiary/aromatic N) is 3. The van der Waals surface area contributed by atoms with Gasteiger partial charge in [-0.25, -0.2) is 0 Å². The molecule has 41 heavy (non-hydrogen) atoms. The minimum absolute atomic E-state index is 0.0398. The summed E-state index contributed by atoms with van der Waals surface area (Å²) in [6.07, 6.45) is 2.34. The minimum Gasteiger partial charge on any atom is -0.493 e. The number of β-amino-alcohol motifs (C(OH)–C–C–N with tert-alkyl or cyclic N) is 1. The largest absolute Gasteiger partial charge is 0.493 e. The van der Waals surface area contributed by atoms with Gasteiger partial charge in [-0.3, -0.25) is 14.5 Å². The molecule has 1 N–H and O–H groups in total. The van der Waals surface area contributed by atoms with Gasteiger partial charge < -0.3 is 33.9 Å². The van der Waals surface area contributed by atoms with Crippen molar-refractivity contribution in [2.45, 2.75) is 38.3 Å². The van der Waals surface area contributed by atoms with E-state index in [-0.39, 0.29) is 31.6 Å². The van der Waals surface area contributed by atoms with Crippen LogP contribution in [-0.2, 0) is 20.9 Å². The van der Waals surface area contributed by atoms with Crippen molar-refractivity contribution in [2.75, 3.05) is 73.3 Å². The molecule has 4 rings (SSSR count). The third kappa shape index (κ3) is 8.82. The monoisotopic (exact) mass is 569 g/mol. The summed E-state index contributed by atoms with van der Waals surface area (Å²) in [5, 5.41) is 11.7. The Balaban J connectivity index is 1.39. The van der Waals surface area contributed by atoms with Gasteiger partial charge in [-0.15, -0.1) is 0 Å². The summed E-state index contributed by atoms with van der Waals surface area (Å²) in [5.41, 5.74) is 0.836. The number of aliphatic hydroxyl groups is 1. The van der Waals surface area contributed by atoms with E-state index in [1.807, 2.05) is 54.3 Å². The maximum Gasteiger partial charge on any atom is 0.248 e. The first-order valence-electron chi connectivity index (χ1n) is 14.3. The van der Waals surface area contributed by atoms with Gasteiger partial charge in [-0.2, -0.15) is 0 Å². The van der Waals surface area contributed by atoms with Crippen molar-refractivity contribution in [3.05, 3.63) is 53.6 Å². The Morgan fingerprint density at radius 3 is 2.51 bits per heavy atom. The molecule has 2 aliphatic rings. The third-order valence-corrected chi connectivity index (χ3v) is 7.47. The van der Waals surface area contributed by atoms with E-state index in [2.05, 4.69) is 4.90 Å². The molecule has 0 aliphatic carbocycles. The summed E-state index contributed by atoms with van der Waals surface area (Å²) in [6.45, 7) is 6.11. The van der Waals surface area contributed by atoms with Crippen LogP contribution in [0, 0.1) is 6.92 Å². The van der Waals surface area contributed by atoms with Gasteiger partial charge in [0.05, 0.1) is 20.3 Å². The zero-order valence-electron chi connectivity index (χ0n) is 24.5. The van der Waals surface area contributed by atoms with Crippen LogP contribution in [0.4, 0.5) is 0 Å². The van der Waals surface area contributed by atoms with E-state index >= 15 is 0 Å². The second-order valence-electron chi connectivity index (χ2n) is 11.0. The smallest absolute Gasteiger partial charge is 0.248 e. The van der Waals surface area contributed by atoms with Crippen LogP contribution in [0.2, 0.25) is 0 Å². The molecule has 2 aromatic carbocycles. The molecule has 0 unspecified atom stereocenters. The van der Waals surface area contributed by atoms with Crippen LogP contribution >= 0.6 is 0 Å². The number of methoxy groups -OCH3 is 2. The van der Waals surface area contributed by atoms with Crippen molar-refractivity contribution >= 4 is 11.8 Å². The van der Waals surface area contributed by atoms with E-state index < -0.39 is 5.60 Å². The fourth-order valence-corrected chi connectivity index (χ4v) is 5.31. The molecule has 0 radical (unpaired) electrons. The molecule has 0 bridgehead atoms. The number of carbonyl (C=O) groups excluding carboxylic acids is 2. The van der Waals surface area contributed by atoms with Gasteiger partial charge in [0.15, 0.2) is 11.5 Å². The molecule has 0 saturated carbocycles. The Hall–Kier alpha value is -3.34. The van der Waals surface area contributed by atoms with Crippen LogP contribution in [0.5, 0.6) is 17.2 Å². The number of likely N-dealkylation sites (tertiary alicyclic amines) is 1. The minimum atomic E-state index is -1.28. The van der Waals surface area contributed by atoms with Gasteiger partial charge in [0.2, 0.25) is 11.8 Å². The molecule has 1 atom stereocenters. The number of ether oxygens (including phenoxy) is 4. The van der Waals surface area contributed by atoms with Crippen LogP contribution in [0.1, 0.15) is 30.4 Å². The molecule has 2 heterocycles. The first kappa shape index (κ1) is 30.6. The Labute approximate surface area is 242 Å². The summed E-state index contributed by atoms with van der Waals surface area (Å²) >= 11 is 0. The maximum absolute atomic E-state index is 12.7. The van der Waals surface area contributed by atoms with E-state index in [1.54, 1.807) is 12.0 Å². The zero-order chi connectivity index (χ0) is 29.2. The number of benzene rings is 2. The van der Waals surface area contributed by atoms with Gasteiger partial charge in [-0.05, 0) is 49.6 Å². The Bertz CT molecular complexity index is 1160. The SMILES string of the molecule is COCC(=O)N1CCN(Cc2ccc(OCCCN3CCCC3=O)c(OC)c2)C[C@](O)(COc2ccc(C)cc2)C1. The van der Waals surface area contributed by atoms with E-state index in [4.69, 9.17) is 18.9 Å². The fourth-order valence-electron chi connectivity index (χ4n) is 5.31. The first-order valence-corrected chi connectivity index (χ1v) is 14.3. The molecular formula is C31H43N3O7. The van der Waals surface area contributed by atoms with Crippen molar-refractivity contribution in [1.82, 2.24) is 14.7 Å². The average molecular weight is 570 g/mol. The van der Waals surface area contributed by atoms with Gasteiger partial charge in [-0.1, -0.05) is 23.8 Å². The zero-order valence-corrected chi connectivity index (χ0v) is 24.5. The van der Waals surface area contributed by atoms with Crippen LogP contribution in [0.15, 0.2) is 42.5 Å². The lowest BCUT2D eigenvalue weighted by molar-refractivity contribution is -0.138. The predicted molar refractivity (Wildman–Crippen MR) is 154 cm³/mol. The second-order valence-corrected chi connectivity index (χ2v) is 11.0. The van der Waals surface area contributed by atoms with Crippen LogP contribution in [0.3, 0.4) is 0 Å². The quantitative estimate of drug-likeness (QED) is 0.368. The standard InChI is InChI=1S/C31H43N3O7/c1-24-7-10-26(11-8-24)41-23-31(37)21-32(15-16-34(22-31)30(36)20-38-2)19-25-9-12-27(28(18-25)39-3)40-17-5-14-33-13-4-6-29(33)35/h7-12,18,37H,4-6,13-17,19-23H2,1-3H3/t31-/m1/s1. The van der Waals surface area contributed by atoms with Crippen molar-refractivity contribution < 1.29 is 33.6 Å². The summed E-state index contributed by atoms with van der Waals surface area (Å²) in [4.78, 5) is 30.2. The molecule has 224 valence electrons. The molecule has 10 heteroatoms. The maximum atomic E-state index is 12.7. The number of aryl methyl sites for hydroxylation is 1. The van der Waals surface area contributed by atoms with Crippen molar-refractivity contribution in [1.29, 1.82) is 0 Å². The highest BCUT2D eigenvalue weighted by Crippen LogP contribution is 2.29. The van der Waals surface area contributed by atoms with E-state index in [0.717, 1.165) is 30.5 Å². The Morgan fingerprint density at radius 2 is 1.80 bits per heavy atom. The van der Waals surface area contributed by atoms with Gasteiger partial charge in [0.1, 0.15) is 24.6 Å². The summed E-state index contributed by atoms with van der Waals surface area (Å²) in [6, 6.07) is 13.5. The van der Waals surface area contributed by atoms with E-state index in [9.17, 15) is 14.7 Å². The number of carbonyl (C=O) groups is 2. The topological polar surface area (TPSA) is 101 Å². The number of amides is 2. The second kappa shape index (κ2) is 14.5. The average Bonchev–Trinajstić information content (AvgIpc) is 3.29. The number of hydrogen-bond acceptors (Lipinski definition) is 8. The highest BCUT2D eigenvalue weighted by Gasteiger charge is 2.37. The van der Waals surface area contributed by atoms with E-state index in [0.29, 0.717) is 63.0 Å². The normalized spacial score (nSPS) is 19.8. The van der Waals surface area contributed by atoms with Crippen LogP contribution in [0.25, 0.3) is 0 Å². The molecule has 0 aromatic heterocycles. The molecular weight excluding hydrogens is 526 g/mol. The lowest BCUT2D eigenvalue weighted by Crippen LogP contribution is -2.52. The van der Waals surface area contributed by atoms with Crippen molar-refractivity contribution in [3.63, 3.8) is 0 Å². The van der Waals surface area contributed by atoms with Crippen molar-refractivity contribution in [2.24, 2.45) is 0 Å². The molecule has 2 aliphatic heterocycles. The Morgan fingerprint density at radius 1 is 1.00 bits per heavy atom. The molecule has 0 spiro atoms. The number of rotatable bonds is 13. The molecule has 10 nitrogen and oxygen atoms in total. The highest BCUT2D eigenvalue weighted by atomic mass is 16.5. The Kier molecular flexibility index (Phi) is 10.8. The van der Waals surface area contributed by atoms with Gasteiger partial charge in [0, 0.05) is 52.8 Å². The van der Waals surface area contributed by atoms with Crippen LogP contribution in [-0.4, -0.2) is 111 Å². The predicted octanol–water partition coefficient (Wildman–Crippen LogP) is 2.50. The summed E-state index contributed by atoms with van der Waals surface area (Å²) in [5.74, 6) is 2.01. The lowest BCUT2D eigenvalue weighted by Gasteiger charge is -2.33. The third-order valence-electron chi connectivity index (χ3n) is 7.47. The highest BCUT2D eigenvalue weighted by molar-refractivity contribution is 5.78. The van der Waals surface area contributed by atoms with Crippen LogP contribution < -0.4 is 14.2 Å².